The molecule has 0 spiro atoms. The Morgan fingerprint density at radius 3 is 2.55 bits per heavy atom. The van der Waals surface area contributed by atoms with Gasteiger partial charge in [-0.25, -0.2) is 4.79 Å². The molecule has 0 aromatic heterocycles. The third-order valence-electron chi connectivity index (χ3n) is 0.637. The number of hydrogen-bond donors (Lipinski definition) is 0. The van der Waals surface area contributed by atoms with Gasteiger partial charge >= 0.3 is 6.09 Å². The Morgan fingerprint density at radius 1 is 1.64 bits per heavy atom. The molecule has 0 bridgehead atoms. The largest absolute Gasteiger partial charge is 0.452 e. The summed E-state index contributed by atoms with van der Waals surface area (Å²) in [5, 5.41) is 6.71. The quantitative estimate of drug-likeness (QED) is 0.371. The first-order chi connectivity index (χ1) is 4.95. The highest BCUT2D eigenvalue weighted by Crippen LogP contribution is 2.14. The average Bonchev–Trinajstić information content (AvgIpc) is 1.83. The third kappa shape index (κ3) is 7.25. The first-order valence-electron chi connectivity index (χ1n) is 3.24. The van der Waals surface area contributed by atoms with Gasteiger partial charge in [0.25, 0.3) is 0 Å². The molecule has 0 unspecified atom stereocenters. The Balaban J connectivity index is 3.83. The molecule has 4 nitrogen and oxygen atoms in total. The molecule has 0 heterocycles. The van der Waals surface area contributed by atoms with Gasteiger partial charge in [0.2, 0.25) is 0 Å². The van der Waals surface area contributed by atoms with E-state index in [9.17, 15) is 4.79 Å². The zero-order valence-corrected chi connectivity index (χ0v) is 7.55. The number of alkyl halides is 1. The topological polar surface area (TPSA) is 51.0 Å². The molecule has 0 aromatic rings. The molecule has 0 saturated heterocycles. The molecule has 0 aromatic carbocycles. The van der Waals surface area contributed by atoms with Crippen LogP contribution in [0.5, 0.6) is 0 Å². The minimum atomic E-state index is -0.841. The lowest BCUT2D eigenvalue weighted by Gasteiger charge is -2.04. The van der Waals surface area contributed by atoms with E-state index < -0.39 is 11.1 Å². The zero-order valence-electron chi connectivity index (χ0n) is 6.80. The van der Waals surface area contributed by atoms with Crippen molar-refractivity contribution in [2.45, 2.75) is 25.8 Å². The van der Waals surface area contributed by atoms with Gasteiger partial charge < -0.3 is 4.74 Å². The highest BCUT2D eigenvalue weighted by Gasteiger charge is 2.11. The van der Waals surface area contributed by atoms with E-state index in [-0.39, 0.29) is 0 Å². The molecular formula is C6H11ClN2O2. The predicted molar refractivity (Wildman–Crippen MR) is 41.8 cm³/mol. The van der Waals surface area contributed by atoms with Gasteiger partial charge in [0.05, 0.1) is 6.61 Å². The summed E-state index contributed by atoms with van der Waals surface area (Å²) in [4.78, 5) is 9.71. The van der Waals surface area contributed by atoms with Crippen LogP contribution in [0.1, 0.15) is 20.8 Å². The minimum Gasteiger partial charge on any atom is -0.447 e. The van der Waals surface area contributed by atoms with Crippen LogP contribution in [-0.4, -0.2) is 17.7 Å². The molecular weight excluding hydrogens is 168 g/mol. The van der Waals surface area contributed by atoms with Crippen LogP contribution in [-0.2, 0) is 4.74 Å². The maximum absolute atomic E-state index is 10.5. The van der Waals surface area contributed by atoms with Crippen LogP contribution < -0.4 is 0 Å². The zero-order chi connectivity index (χ0) is 8.91. The van der Waals surface area contributed by atoms with Crippen LogP contribution in [0.2, 0.25) is 0 Å². The Hall–Kier alpha value is -0.640. The van der Waals surface area contributed by atoms with Crippen molar-refractivity contribution in [2.24, 2.45) is 10.2 Å². The van der Waals surface area contributed by atoms with Crippen molar-refractivity contribution in [1.82, 2.24) is 0 Å². The van der Waals surface area contributed by atoms with Crippen molar-refractivity contribution < 1.29 is 9.53 Å². The Bertz CT molecular complexity index is 162. The summed E-state index contributed by atoms with van der Waals surface area (Å²) in [6, 6.07) is 0. The molecule has 0 radical (unpaired) electrons. The molecule has 11 heavy (non-hydrogen) atoms. The Labute approximate surface area is 70.6 Å². The number of carbonyl (C=O) groups is 1. The molecule has 0 atom stereocenters. The highest BCUT2D eigenvalue weighted by molar-refractivity contribution is 6.23. The van der Waals surface area contributed by atoms with Gasteiger partial charge in [-0.15, -0.1) is 0 Å². The summed E-state index contributed by atoms with van der Waals surface area (Å²) in [5.41, 5.74) is 0. The summed E-state index contributed by atoms with van der Waals surface area (Å²) in [6.07, 6.45) is -0.707. The Morgan fingerprint density at radius 2 is 2.18 bits per heavy atom. The lowest BCUT2D eigenvalue weighted by Crippen LogP contribution is -2.05. The number of rotatable bonds is 2. The smallest absolute Gasteiger partial charge is 0.447 e. The standard InChI is InChI=1S/C6H11ClN2O2/c1-4-11-5(10)8-9-6(2,3)7/h4H2,1-3H3. The van der Waals surface area contributed by atoms with Crippen molar-refractivity contribution in [1.29, 1.82) is 0 Å². The summed E-state index contributed by atoms with van der Waals surface area (Å²) in [5.74, 6) is 0. The lowest BCUT2D eigenvalue weighted by atomic mass is 10.4. The van der Waals surface area contributed by atoms with Gasteiger partial charge in [-0.1, -0.05) is 16.7 Å². The first kappa shape index (κ1) is 10.4. The van der Waals surface area contributed by atoms with E-state index in [4.69, 9.17) is 11.6 Å². The average molecular weight is 179 g/mol. The van der Waals surface area contributed by atoms with Crippen molar-refractivity contribution in [2.75, 3.05) is 6.61 Å². The van der Waals surface area contributed by atoms with Crippen molar-refractivity contribution in [3.05, 3.63) is 0 Å². The van der Waals surface area contributed by atoms with E-state index in [1.807, 2.05) is 0 Å². The summed E-state index contributed by atoms with van der Waals surface area (Å²) in [7, 11) is 0. The van der Waals surface area contributed by atoms with E-state index in [1.165, 1.54) is 0 Å². The number of ether oxygens (including phenoxy) is 1. The predicted octanol–water partition coefficient (Wildman–Crippen LogP) is 2.57. The fraction of sp³-hybridized carbons (Fsp3) is 0.833. The van der Waals surface area contributed by atoms with E-state index in [0.717, 1.165) is 0 Å². The van der Waals surface area contributed by atoms with Crippen LogP contribution in [0.25, 0.3) is 0 Å². The summed E-state index contributed by atoms with van der Waals surface area (Å²) in [6.45, 7) is 5.23. The van der Waals surface area contributed by atoms with E-state index in [1.54, 1.807) is 20.8 Å². The van der Waals surface area contributed by atoms with Gasteiger partial charge in [-0.2, -0.15) is 5.11 Å². The van der Waals surface area contributed by atoms with Crippen LogP contribution in [0.15, 0.2) is 10.2 Å². The first-order valence-corrected chi connectivity index (χ1v) is 3.62. The van der Waals surface area contributed by atoms with Gasteiger partial charge in [0.15, 0.2) is 0 Å². The number of carbonyl (C=O) groups excluding carboxylic acids is 1. The molecule has 0 aliphatic heterocycles. The maximum Gasteiger partial charge on any atom is 0.452 e. The van der Waals surface area contributed by atoms with Crippen LogP contribution >= 0.6 is 11.6 Å². The molecule has 0 aliphatic carbocycles. The molecule has 0 N–H and O–H groups in total. The van der Waals surface area contributed by atoms with Gasteiger partial charge in [0.1, 0.15) is 5.00 Å². The van der Waals surface area contributed by atoms with Crippen LogP contribution in [0, 0.1) is 0 Å². The molecule has 0 aliphatic rings. The highest BCUT2D eigenvalue weighted by atomic mass is 35.5. The minimum absolute atomic E-state index is 0.292. The molecule has 0 fully saturated rings. The fourth-order valence-corrected chi connectivity index (χ4v) is 0.350. The number of amides is 1. The Kier molecular flexibility index (Phi) is 4.03. The molecule has 5 heteroatoms. The van der Waals surface area contributed by atoms with Gasteiger partial charge in [-0.3, -0.25) is 0 Å². The fourth-order valence-electron chi connectivity index (χ4n) is 0.312. The normalized spacial score (nSPS) is 12.0. The molecule has 64 valence electrons. The second-order valence-corrected chi connectivity index (χ2v) is 3.23. The second-order valence-electron chi connectivity index (χ2n) is 2.31. The second kappa shape index (κ2) is 4.28. The number of hydrogen-bond acceptors (Lipinski definition) is 3. The SMILES string of the molecule is CCOC(=O)N=NC(C)(C)Cl. The molecule has 1 amide bonds. The van der Waals surface area contributed by atoms with Crippen molar-refractivity contribution >= 4 is 17.7 Å². The van der Waals surface area contributed by atoms with E-state index in [0.29, 0.717) is 6.61 Å². The summed E-state index contributed by atoms with van der Waals surface area (Å²) >= 11 is 5.61. The van der Waals surface area contributed by atoms with Crippen molar-refractivity contribution in [3.8, 4) is 0 Å². The lowest BCUT2D eigenvalue weighted by molar-refractivity contribution is 0.161. The van der Waals surface area contributed by atoms with Gasteiger partial charge in [-0.05, 0) is 20.8 Å². The van der Waals surface area contributed by atoms with Crippen molar-refractivity contribution in [3.63, 3.8) is 0 Å². The maximum atomic E-state index is 10.5. The van der Waals surface area contributed by atoms with Crippen LogP contribution in [0.3, 0.4) is 0 Å². The van der Waals surface area contributed by atoms with E-state index >= 15 is 0 Å². The number of azo groups is 1. The number of halogens is 1. The number of nitrogens with zero attached hydrogens (tertiary/aromatic N) is 2. The van der Waals surface area contributed by atoms with Crippen LogP contribution in [0.4, 0.5) is 4.79 Å². The summed E-state index contributed by atoms with van der Waals surface area (Å²) < 4.78 is 4.48. The monoisotopic (exact) mass is 178 g/mol. The van der Waals surface area contributed by atoms with Gasteiger partial charge in [0, 0.05) is 0 Å². The van der Waals surface area contributed by atoms with E-state index in [2.05, 4.69) is 15.0 Å². The molecule has 0 saturated carbocycles. The third-order valence-corrected chi connectivity index (χ3v) is 0.713. The molecule has 0 rings (SSSR count).